The van der Waals surface area contributed by atoms with Crippen LogP contribution in [-0.4, -0.2) is 63.1 Å². The van der Waals surface area contributed by atoms with Gasteiger partial charge in [-0.2, -0.15) is 0 Å². The summed E-state index contributed by atoms with van der Waals surface area (Å²) in [6.45, 7) is 2.88. The van der Waals surface area contributed by atoms with Crippen LogP contribution in [0, 0.1) is 0 Å². The molecule has 0 saturated carbocycles. The number of anilines is 1. The minimum Gasteiger partial charge on any atom is -0.469 e. The van der Waals surface area contributed by atoms with Crippen LogP contribution in [0.15, 0.2) is 45.3 Å². The number of likely N-dealkylation sites (N-methyl/N-ethyl adjacent to an activating group) is 1. The number of hydrogen-bond acceptors (Lipinski definition) is 5. The van der Waals surface area contributed by atoms with Crippen molar-refractivity contribution in [1.82, 2.24) is 15.5 Å². The quantitative estimate of drug-likeness (QED) is 0.327. The van der Waals surface area contributed by atoms with E-state index in [4.69, 9.17) is 4.42 Å². The van der Waals surface area contributed by atoms with Crippen molar-refractivity contribution in [2.45, 2.75) is 25.3 Å². The van der Waals surface area contributed by atoms with E-state index in [1.165, 1.54) is 5.00 Å². The molecule has 1 fully saturated rings. The molecule has 29 heavy (non-hydrogen) atoms. The molecule has 1 aliphatic rings. The van der Waals surface area contributed by atoms with Gasteiger partial charge in [0.15, 0.2) is 5.96 Å². The average molecular weight is 531 g/mol. The van der Waals surface area contributed by atoms with Crippen LogP contribution >= 0.6 is 35.3 Å². The Labute approximate surface area is 193 Å². The molecule has 2 N–H and O–H groups in total. The molecule has 7 nitrogen and oxygen atoms in total. The zero-order valence-corrected chi connectivity index (χ0v) is 20.1. The largest absolute Gasteiger partial charge is 0.469 e. The molecule has 0 radical (unpaired) electrons. The molecule has 3 heterocycles. The maximum Gasteiger partial charge on any atom is 0.243 e. The molecular weight excluding hydrogens is 501 g/mol. The molecular formula is C20H30IN5O2S. The van der Waals surface area contributed by atoms with Crippen molar-refractivity contribution in [2.75, 3.05) is 45.2 Å². The van der Waals surface area contributed by atoms with E-state index >= 15 is 0 Å². The van der Waals surface area contributed by atoms with Crippen molar-refractivity contribution in [2.24, 2.45) is 4.99 Å². The minimum absolute atomic E-state index is 0. The van der Waals surface area contributed by atoms with Crippen LogP contribution in [0.2, 0.25) is 0 Å². The lowest BCUT2D eigenvalue weighted by molar-refractivity contribution is -0.127. The maximum atomic E-state index is 11.9. The second-order valence-corrected chi connectivity index (χ2v) is 7.99. The summed E-state index contributed by atoms with van der Waals surface area (Å²) in [5.74, 6) is 1.61. The molecule has 0 aliphatic carbocycles. The Morgan fingerprint density at radius 2 is 2.10 bits per heavy atom. The van der Waals surface area contributed by atoms with Gasteiger partial charge >= 0.3 is 0 Å². The number of amides is 1. The van der Waals surface area contributed by atoms with E-state index in [2.05, 4.69) is 38.0 Å². The summed E-state index contributed by atoms with van der Waals surface area (Å²) in [6.07, 6.45) is 4.53. The number of hydrogen-bond donors (Lipinski definition) is 2. The number of nitrogens with one attached hydrogen (secondary N) is 2. The van der Waals surface area contributed by atoms with Gasteiger partial charge in [-0.1, -0.05) is 0 Å². The van der Waals surface area contributed by atoms with Crippen LogP contribution in [0.3, 0.4) is 0 Å². The van der Waals surface area contributed by atoms with Crippen molar-refractivity contribution in [3.05, 3.63) is 41.7 Å². The number of thiophene rings is 1. The summed E-state index contributed by atoms with van der Waals surface area (Å²) in [4.78, 5) is 20.4. The summed E-state index contributed by atoms with van der Waals surface area (Å²) < 4.78 is 5.38. The number of nitrogens with zero attached hydrogens (tertiary/aromatic N) is 3. The Morgan fingerprint density at radius 3 is 2.72 bits per heavy atom. The molecule has 3 rings (SSSR count). The number of aliphatic imine (C=N–C) groups is 1. The summed E-state index contributed by atoms with van der Waals surface area (Å²) in [6, 6.07) is 8.47. The average Bonchev–Trinajstić information content (AvgIpc) is 3.40. The first-order valence-corrected chi connectivity index (χ1v) is 10.6. The lowest BCUT2D eigenvalue weighted by Crippen LogP contribution is -2.49. The van der Waals surface area contributed by atoms with Gasteiger partial charge in [0.2, 0.25) is 5.91 Å². The van der Waals surface area contributed by atoms with E-state index in [9.17, 15) is 4.79 Å². The highest BCUT2D eigenvalue weighted by atomic mass is 127. The van der Waals surface area contributed by atoms with Crippen molar-refractivity contribution < 1.29 is 9.21 Å². The topological polar surface area (TPSA) is 73.1 Å². The zero-order valence-electron chi connectivity index (χ0n) is 17.0. The third kappa shape index (κ3) is 7.54. The third-order valence-electron chi connectivity index (χ3n) is 4.77. The van der Waals surface area contributed by atoms with Crippen LogP contribution < -0.4 is 15.5 Å². The van der Waals surface area contributed by atoms with Gasteiger partial charge in [-0.05, 0) is 42.5 Å². The predicted molar refractivity (Wildman–Crippen MR) is 130 cm³/mol. The highest BCUT2D eigenvalue weighted by Gasteiger charge is 2.21. The second-order valence-electron chi connectivity index (χ2n) is 7.07. The maximum absolute atomic E-state index is 11.9. The molecule has 0 spiro atoms. The van der Waals surface area contributed by atoms with Crippen LogP contribution in [0.5, 0.6) is 0 Å². The zero-order chi connectivity index (χ0) is 19.8. The van der Waals surface area contributed by atoms with E-state index in [-0.39, 0.29) is 36.4 Å². The lowest BCUT2D eigenvalue weighted by atomic mass is 10.1. The normalized spacial score (nSPS) is 15.0. The van der Waals surface area contributed by atoms with E-state index in [1.807, 2.05) is 12.1 Å². The molecule has 160 valence electrons. The highest BCUT2D eigenvalue weighted by Crippen LogP contribution is 2.24. The number of guanidine groups is 1. The first-order valence-electron chi connectivity index (χ1n) is 9.67. The first-order chi connectivity index (χ1) is 13.6. The number of rotatable bonds is 7. The molecule has 1 amide bonds. The van der Waals surface area contributed by atoms with Crippen LogP contribution in [0.4, 0.5) is 5.00 Å². The molecule has 1 saturated heterocycles. The van der Waals surface area contributed by atoms with E-state index in [0.29, 0.717) is 18.5 Å². The number of piperidine rings is 1. The lowest BCUT2D eigenvalue weighted by Gasteiger charge is -2.33. The number of carbonyl (C=O) groups is 1. The fourth-order valence-electron chi connectivity index (χ4n) is 3.09. The van der Waals surface area contributed by atoms with Crippen LogP contribution in [0.1, 0.15) is 18.6 Å². The van der Waals surface area contributed by atoms with Crippen LogP contribution in [-0.2, 0) is 11.2 Å². The summed E-state index contributed by atoms with van der Waals surface area (Å²) in [7, 11) is 3.49. The molecule has 0 unspecified atom stereocenters. The highest BCUT2D eigenvalue weighted by molar-refractivity contribution is 14.0. The Balaban J connectivity index is 0.00000300. The van der Waals surface area contributed by atoms with Crippen molar-refractivity contribution in [3.63, 3.8) is 0 Å². The first kappa shape index (κ1) is 23.5. The van der Waals surface area contributed by atoms with Gasteiger partial charge in [-0.15, -0.1) is 35.3 Å². The third-order valence-corrected chi connectivity index (χ3v) is 5.70. The number of halogens is 1. The fraction of sp³-hybridized carbons (Fsp3) is 0.500. The Kier molecular flexibility index (Phi) is 9.79. The van der Waals surface area contributed by atoms with Crippen molar-refractivity contribution >= 4 is 52.2 Å². The Hall–Kier alpha value is -1.75. The van der Waals surface area contributed by atoms with Gasteiger partial charge in [0.25, 0.3) is 0 Å². The van der Waals surface area contributed by atoms with Gasteiger partial charge in [0, 0.05) is 46.2 Å². The molecule has 0 atom stereocenters. The molecule has 2 aromatic heterocycles. The van der Waals surface area contributed by atoms with E-state index < -0.39 is 0 Å². The summed E-state index contributed by atoms with van der Waals surface area (Å²) in [5.41, 5.74) is 0. The van der Waals surface area contributed by atoms with Crippen LogP contribution in [0.25, 0.3) is 0 Å². The number of carbonyl (C=O) groups excluding carboxylic acids is 1. The smallest absolute Gasteiger partial charge is 0.243 e. The van der Waals surface area contributed by atoms with Crippen molar-refractivity contribution in [1.29, 1.82) is 0 Å². The van der Waals surface area contributed by atoms with Gasteiger partial charge < -0.3 is 24.9 Å². The minimum atomic E-state index is -0.0142. The second kappa shape index (κ2) is 12.1. The van der Waals surface area contributed by atoms with Crippen molar-refractivity contribution in [3.8, 4) is 0 Å². The molecule has 1 aliphatic heterocycles. The monoisotopic (exact) mass is 531 g/mol. The van der Waals surface area contributed by atoms with Gasteiger partial charge in [0.05, 0.1) is 11.3 Å². The SMILES string of the molecule is CN(C)C(=O)CN=C(NCCc1ccco1)NC1CCN(c2cccs2)CC1.I. The van der Waals surface area contributed by atoms with Gasteiger partial charge in [-0.25, -0.2) is 4.99 Å². The summed E-state index contributed by atoms with van der Waals surface area (Å²) >= 11 is 1.79. The Bertz CT molecular complexity index is 741. The van der Waals surface area contributed by atoms with Gasteiger partial charge in [-0.3, -0.25) is 4.79 Å². The standard InChI is InChI=1S/C20H29N5O2S.HI/c1-24(2)18(26)15-22-20(21-10-7-17-5-3-13-27-17)23-16-8-11-25(12-9-16)19-6-4-14-28-19;/h3-6,13-14,16H,7-12,15H2,1-2H3,(H2,21,22,23);1H. The van der Waals surface area contributed by atoms with E-state index in [1.54, 1.807) is 36.6 Å². The number of furan rings is 1. The molecule has 9 heteroatoms. The predicted octanol–water partition coefficient (Wildman–Crippen LogP) is 2.79. The molecule has 0 aromatic carbocycles. The van der Waals surface area contributed by atoms with Gasteiger partial charge in [0.1, 0.15) is 12.3 Å². The summed E-state index contributed by atoms with van der Waals surface area (Å²) in [5, 5.41) is 10.3. The Morgan fingerprint density at radius 1 is 1.31 bits per heavy atom. The molecule has 2 aromatic rings. The van der Waals surface area contributed by atoms with E-state index in [0.717, 1.165) is 38.1 Å². The fourth-order valence-corrected chi connectivity index (χ4v) is 3.87. The molecule has 0 bridgehead atoms.